The van der Waals surface area contributed by atoms with Gasteiger partial charge in [-0.25, -0.2) is 4.48 Å². The van der Waals surface area contributed by atoms with E-state index in [-0.39, 0.29) is 0 Å². The molecular formula is C11H15N2+. The smallest absolute Gasteiger partial charge is 0.219 e. The van der Waals surface area contributed by atoms with E-state index in [2.05, 4.69) is 43.3 Å². The van der Waals surface area contributed by atoms with Crippen molar-refractivity contribution in [2.45, 2.75) is 20.3 Å². The predicted molar refractivity (Wildman–Crippen MR) is 54.9 cm³/mol. The first-order valence-corrected chi connectivity index (χ1v) is 4.85. The first-order chi connectivity index (χ1) is 6.33. The molecule has 68 valence electrons. The molecule has 1 atom stereocenters. The Kier molecular flexibility index (Phi) is 1.93. The summed E-state index contributed by atoms with van der Waals surface area (Å²) in [6.07, 6.45) is 11.6. The van der Waals surface area contributed by atoms with Gasteiger partial charge in [-0.3, -0.25) is 0 Å². The SMILES string of the molecule is CCC1=CN=C2C=CC=C[N+]12CC. The zero-order chi connectivity index (χ0) is 9.31. The topological polar surface area (TPSA) is 12.4 Å². The van der Waals surface area contributed by atoms with Gasteiger partial charge in [0.25, 0.3) is 0 Å². The van der Waals surface area contributed by atoms with Crippen LogP contribution in [0.1, 0.15) is 20.3 Å². The van der Waals surface area contributed by atoms with E-state index in [4.69, 9.17) is 0 Å². The molecule has 2 aliphatic rings. The molecule has 2 aliphatic heterocycles. The first kappa shape index (κ1) is 8.45. The minimum atomic E-state index is 0.840. The lowest BCUT2D eigenvalue weighted by Crippen LogP contribution is -2.44. The van der Waals surface area contributed by atoms with Crippen molar-refractivity contribution in [1.82, 2.24) is 0 Å². The summed E-state index contributed by atoms with van der Waals surface area (Å²) in [5.41, 5.74) is 1.39. The van der Waals surface area contributed by atoms with Crippen molar-refractivity contribution in [2.24, 2.45) is 4.99 Å². The maximum atomic E-state index is 4.44. The van der Waals surface area contributed by atoms with E-state index in [1.807, 2.05) is 6.20 Å². The van der Waals surface area contributed by atoms with Crippen LogP contribution in [-0.4, -0.2) is 16.9 Å². The minimum absolute atomic E-state index is 0.840. The van der Waals surface area contributed by atoms with Gasteiger partial charge in [0.1, 0.15) is 11.9 Å². The third-order valence-electron chi connectivity index (χ3n) is 2.83. The minimum Gasteiger partial charge on any atom is -0.219 e. The molecule has 2 rings (SSSR count). The Morgan fingerprint density at radius 2 is 2.15 bits per heavy atom. The molecule has 0 amide bonds. The molecule has 2 heterocycles. The largest absolute Gasteiger partial charge is 0.237 e. The zero-order valence-corrected chi connectivity index (χ0v) is 8.20. The molecule has 0 radical (unpaired) electrons. The summed E-state index contributed by atoms with van der Waals surface area (Å²) in [6, 6.07) is 0. The van der Waals surface area contributed by atoms with Crippen molar-refractivity contribution in [3.63, 3.8) is 0 Å². The molecule has 0 bridgehead atoms. The molecule has 0 N–H and O–H groups in total. The Labute approximate surface area is 79.2 Å². The molecule has 13 heavy (non-hydrogen) atoms. The Morgan fingerprint density at radius 3 is 2.85 bits per heavy atom. The number of hydrogen-bond acceptors (Lipinski definition) is 1. The van der Waals surface area contributed by atoms with Crippen molar-refractivity contribution in [3.8, 4) is 0 Å². The van der Waals surface area contributed by atoms with E-state index >= 15 is 0 Å². The van der Waals surface area contributed by atoms with Gasteiger partial charge in [0, 0.05) is 12.5 Å². The standard InChI is InChI=1S/C11H15N2/c1-3-10-9-12-11-7-5-6-8-13(10,11)4-2/h5-9H,3-4H2,1-2H3/q+1. The van der Waals surface area contributed by atoms with Crippen LogP contribution >= 0.6 is 0 Å². The number of nitrogens with zero attached hydrogens (tertiary/aromatic N) is 2. The lowest BCUT2D eigenvalue weighted by molar-refractivity contribution is -0.742. The van der Waals surface area contributed by atoms with Gasteiger partial charge in [0.05, 0.1) is 12.7 Å². The summed E-state index contributed by atoms with van der Waals surface area (Å²) in [5.74, 6) is 1.15. The predicted octanol–water partition coefficient (Wildman–Crippen LogP) is 2.57. The van der Waals surface area contributed by atoms with Crippen LogP contribution in [0.5, 0.6) is 0 Å². The summed E-state index contributed by atoms with van der Waals surface area (Å²) >= 11 is 0. The lowest BCUT2D eigenvalue weighted by Gasteiger charge is -2.31. The maximum Gasteiger partial charge on any atom is 0.237 e. The van der Waals surface area contributed by atoms with Crippen molar-refractivity contribution < 1.29 is 4.48 Å². The zero-order valence-electron chi connectivity index (χ0n) is 8.20. The summed E-state index contributed by atoms with van der Waals surface area (Å²) in [7, 11) is 0. The fraction of sp³-hybridized carbons (Fsp3) is 0.364. The van der Waals surface area contributed by atoms with Crippen LogP contribution in [0.4, 0.5) is 0 Å². The summed E-state index contributed by atoms with van der Waals surface area (Å²) in [5, 5.41) is 0. The van der Waals surface area contributed by atoms with E-state index in [0.717, 1.165) is 23.3 Å². The van der Waals surface area contributed by atoms with Gasteiger partial charge in [0.2, 0.25) is 5.84 Å². The van der Waals surface area contributed by atoms with Crippen molar-refractivity contribution >= 4 is 5.84 Å². The van der Waals surface area contributed by atoms with Crippen LogP contribution in [-0.2, 0) is 0 Å². The fourth-order valence-corrected chi connectivity index (χ4v) is 2.02. The third kappa shape index (κ3) is 1.02. The van der Waals surface area contributed by atoms with Crippen LogP contribution < -0.4 is 0 Å². The summed E-state index contributed by atoms with van der Waals surface area (Å²) in [4.78, 5) is 4.44. The number of amidine groups is 1. The number of aliphatic imine (C=N–C) groups is 1. The molecule has 2 heteroatoms. The second kappa shape index (κ2) is 2.96. The molecule has 0 aromatic carbocycles. The molecular weight excluding hydrogens is 160 g/mol. The normalized spacial score (nSPS) is 30.0. The van der Waals surface area contributed by atoms with E-state index in [1.54, 1.807) is 0 Å². The molecule has 0 fully saturated rings. The molecule has 0 spiro atoms. The molecule has 0 saturated carbocycles. The average molecular weight is 175 g/mol. The highest BCUT2D eigenvalue weighted by molar-refractivity contribution is 5.91. The van der Waals surface area contributed by atoms with Crippen LogP contribution in [0.15, 0.2) is 41.3 Å². The van der Waals surface area contributed by atoms with E-state index in [1.165, 1.54) is 5.70 Å². The second-order valence-electron chi connectivity index (χ2n) is 3.35. The van der Waals surface area contributed by atoms with E-state index in [0.29, 0.717) is 0 Å². The van der Waals surface area contributed by atoms with Gasteiger partial charge in [-0.1, -0.05) is 6.92 Å². The number of allylic oxidation sites excluding steroid dienone is 3. The van der Waals surface area contributed by atoms with Gasteiger partial charge >= 0.3 is 0 Å². The number of quaternary nitrogens is 1. The number of likely N-dealkylation sites (N-methyl/N-ethyl adjacent to an activating group) is 1. The molecule has 0 saturated heterocycles. The summed E-state index contributed by atoms with van der Waals surface area (Å²) < 4.78 is 0.840. The first-order valence-electron chi connectivity index (χ1n) is 4.85. The highest BCUT2D eigenvalue weighted by Crippen LogP contribution is 2.30. The van der Waals surface area contributed by atoms with Crippen molar-refractivity contribution in [3.05, 3.63) is 36.3 Å². The van der Waals surface area contributed by atoms with Gasteiger partial charge in [0.15, 0.2) is 0 Å². The van der Waals surface area contributed by atoms with Crippen LogP contribution in [0.25, 0.3) is 0 Å². The van der Waals surface area contributed by atoms with Gasteiger partial charge in [-0.2, -0.15) is 4.99 Å². The lowest BCUT2D eigenvalue weighted by atomic mass is 10.2. The van der Waals surface area contributed by atoms with Crippen LogP contribution in [0, 0.1) is 0 Å². The maximum absolute atomic E-state index is 4.44. The fourth-order valence-electron chi connectivity index (χ4n) is 2.02. The van der Waals surface area contributed by atoms with Crippen molar-refractivity contribution in [1.29, 1.82) is 0 Å². The van der Waals surface area contributed by atoms with Gasteiger partial charge < -0.3 is 0 Å². The highest BCUT2D eigenvalue weighted by atomic mass is 15.4. The van der Waals surface area contributed by atoms with E-state index < -0.39 is 0 Å². The molecule has 0 aromatic heterocycles. The monoisotopic (exact) mass is 175 g/mol. The molecule has 2 nitrogen and oxygen atoms in total. The van der Waals surface area contributed by atoms with Crippen LogP contribution in [0.2, 0.25) is 0 Å². The molecule has 0 aromatic rings. The van der Waals surface area contributed by atoms with E-state index in [9.17, 15) is 0 Å². The average Bonchev–Trinajstić information content (AvgIpc) is 2.56. The third-order valence-corrected chi connectivity index (χ3v) is 2.83. The Balaban J connectivity index is 2.45. The highest BCUT2D eigenvalue weighted by Gasteiger charge is 2.37. The Hall–Kier alpha value is -1.15. The number of fused-ring (bicyclic) bond motifs is 1. The van der Waals surface area contributed by atoms with Gasteiger partial charge in [-0.05, 0) is 19.1 Å². The Bertz CT molecular complexity index is 334. The van der Waals surface area contributed by atoms with Crippen LogP contribution in [0.3, 0.4) is 0 Å². The number of rotatable bonds is 2. The molecule has 0 aliphatic carbocycles. The Morgan fingerprint density at radius 1 is 1.31 bits per heavy atom. The van der Waals surface area contributed by atoms with Gasteiger partial charge in [-0.15, -0.1) is 0 Å². The summed E-state index contributed by atoms with van der Waals surface area (Å²) in [6.45, 7) is 5.44. The van der Waals surface area contributed by atoms with Crippen molar-refractivity contribution in [2.75, 3.05) is 6.54 Å². The number of hydrogen-bond donors (Lipinski definition) is 0. The molecule has 1 unspecified atom stereocenters. The second-order valence-corrected chi connectivity index (χ2v) is 3.35. The quantitative estimate of drug-likeness (QED) is 0.572.